The van der Waals surface area contributed by atoms with Crippen LogP contribution in [0.15, 0.2) is 29.0 Å². The molecule has 2 aromatic heterocycles. The molecule has 0 spiro atoms. The van der Waals surface area contributed by atoms with Gasteiger partial charge in [0, 0.05) is 5.54 Å². The predicted molar refractivity (Wildman–Crippen MR) is 69.2 cm³/mol. The van der Waals surface area contributed by atoms with E-state index in [4.69, 9.17) is 4.42 Å². The van der Waals surface area contributed by atoms with Gasteiger partial charge in [-0.1, -0.05) is 0 Å². The van der Waals surface area contributed by atoms with Crippen molar-refractivity contribution in [2.24, 2.45) is 0 Å². The fraction of sp³-hybridized carbons (Fsp3) is 0.417. The zero-order chi connectivity index (χ0) is 13.0. The topological polar surface area (TPSA) is 75.9 Å². The third-order valence-corrected chi connectivity index (χ3v) is 2.07. The molecule has 18 heavy (non-hydrogen) atoms. The van der Waals surface area contributed by atoms with Crippen molar-refractivity contribution in [2.45, 2.75) is 32.9 Å². The molecule has 0 amide bonds. The second-order valence-electron chi connectivity index (χ2n) is 4.97. The van der Waals surface area contributed by atoms with Crippen molar-refractivity contribution in [1.29, 1.82) is 0 Å². The summed E-state index contributed by atoms with van der Waals surface area (Å²) in [7, 11) is 0. The molecule has 0 saturated heterocycles. The molecule has 0 atom stereocenters. The van der Waals surface area contributed by atoms with Gasteiger partial charge in [0.15, 0.2) is 5.82 Å². The average Bonchev–Trinajstić information content (AvgIpc) is 2.77. The Labute approximate surface area is 106 Å². The van der Waals surface area contributed by atoms with Crippen molar-refractivity contribution in [3.8, 4) is 0 Å². The third-order valence-electron chi connectivity index (χ3n) is 2.07. The van der Waals surface area contributed by atoms with E-state index in [9.17, 15) is 0 Å². The van der Waals surface area contributed by atoms with E-state index >= 15 is 0 Å². The van der Waals surface area contributed by atoms with Crippen LogP contribution in [0.3, 0.4) is 0 Å². The summed E-state index contributed by atoms with van der Waals surface area (Å²) in [5.41, 5.74) is -0.0959. The molecule has 0 bridgehead atoms. The van der Waals surface area contributed by atoms with E-state index in [1.807, 2.05) is 32.9 Å². The van der Waals surface area contributed by atoms with Crippen molar-refractivity contribution in [3.05, 3.63) is 30.4 Å². The van der Waals surface area contributed by atoms with Gasteiger partial charge in [-0.15, -0.1) is 5.10 Å². The minimum absolute atomic E-state index is 0.0959. The third kappa shape index (κ3) is 3.73. The molecule has 0 aliphatic heterocycles. The Kier molecular flexibility index (Phi) is 3.45. The van der Waals surface area contributed by atoms with Crippen LogP contribution in [0.1, 0.15) is 26.5 Å². The van der Waals surface area contributed by atoms with Gasteiger partial charge < -0.3 is 15.1 Å². The van der Waals surface area contributed by atoms with Gasteiger partial charge in [0.1, 0.15) is 5.76 Å². The minimum atomic E-state index is -0.0959. The van der Waals surface area contributed by atoms with E-state index in [-0.39, 0.29) is 5.54 Å². The first-order chi connectivity index (χ1) is 8.53. The van der Waals surface area contributed by atoms with Gasteiger partial charge in [-0.3, -0.25) is 0 Å². The van der Waals surface area contributed by atoms with Crippen LogP contribution in [0.2, 0.25) is 0 Å². The van der Waals surface area contributed by atoms with E-state index < -0.39 is 0 Å². The molecular formula is C12H17N5O. The van der Waals surface area contributed by atoms with Gasteiger partial charge in [0.2, 0.25) is 5.95 Å². The Morgan fingerprint density at radius 3 is 2.83 bits per heavy atom. The highest BCUT2D eigenvalue weighted by atomic mass is 16.3. The lowest BCUT2D eigenvalue weighted by Gasteiger charge is -2.20. The molecule has 0 radical (unpaired) electrons. The largest absolute Gasteiger partial charge is 0.467 e. The van der Waals surface area contributed by atoms with Crippen molar-refractivity contribution in [3.63, 3.8) is 0 Å². The van der Waals surface area contributed by atoms with Crippen molar-refractivity contribution in [1.82, 2.24) is 15.2 Å². The standard InChI is InChI=1S/C12H17N5O/c1-12(2,3)16-11-15-10(8-14-17-11)13-7-9-5-4-6-18-9/h4-6,8H,7H2,1-3H3,(H2,13,15,16,17). The van der Waals surface area contributed by atoms with Gasteiger partial charge >= 0.3 is 0 Å². The lowest BCUT2D eigenvalue weighted by Crippen LogP contribution is -2.27. The number of furan rings is 1. The highest BCUT2D eigenvalue weighted by Gasteiger charge is 2.11. The molecule has 96 valence electrons. The number of hydrogen-bond acceptors (Lipinski definition) is 6. The Bertz CT molecular complexity index is 489. The summed E-state index contributed by atoms with van der Waals surface area (Å²) < 4.78 is 5.22. The Hall–Kier alpha value is -2.11. The summed E-state index contributed by atoms with van der Waals surface area (Å²) in [6, 6.07) is 3.75. The van der Waals surface area contributed by atoms with Gasteiger partial charge in [-0.2, -0.15) is 10.1 Å². The molecule has 2 N–H and O–H groups in total. The van der Waals surface area contributed by atoms with Gasteiger partial charge in [0.05, 0.1) is 19.0 Å². The molecule has 0 aromatic carbocycles. The number of hydrogen-bond donors (Lipinski definition) is 2. The molecule has 6 nitrogen and oxygen atoms in total. The summed E-state index contributed by atoms with van der Waals surface area (Å²) in [6.07, 6.45) is 3.22. The lowest BCUT2D eigenvalue weighted by molar-refractivity contribution is 0.517. The molecule has 0 saturated carbocycles. The number of rotatable bonds is 4. The molecule has 2 aromatic rings. The predicted octanol–water partition coefficient (Wildman–Crippen LogP) is 2.29. The first kappa shape index (κ1) is 12.3. The van der Waals surface area contributed by atoms with Crippen LogP contribution in [-0.4, -0.2) is 20.7 Å². The summed E-state index contributed by atoms with van der Waals surface area (Å²) in [5, 5.41) is 14.1. The highest BCUT2D eigenvalue weighted by molar-refractivity contribution is 5.38. The number of aromatic nitrogens is 3. The summed E-state index contributed by atoms with van der Waals surface area (Å²) in [4.78, 5) is 4.32. The van der Waals surface area contributed by atoms with E-state index in [0.29, 0.717) is 18.3 Å². The zero-order valence-corrected chi connectivity index (χ0v) is 10.8. The zero-order valence-electron chi connectivity index (χ0n) is 10.8. The lowest BCUT2D eigenvalue weighted by atomic mass is 10.1. The van der Waals surface area contributed by atoms with Crippen LogP contribution >= 0.6 is 0 Å². The van der Waals surface area contributed by atoms with Gasteiger partial charge in [0.25, 0.3) is 0 Å². The minimum Gasteiger partial charge on any atom is -0.467 e. The normalized spacial score (nSPS) is 11.3. The van der Waals surface area contributed by atoms with Crippen molar-refractivity contribution >= 4 is 11.8 Å². The summed E-state index contributed by atoms with van der Waals surface area (Å²) in [6.45, 7) is 6.69. The number of nitrogens with zero attached hydrogens (tertiary/aromatic N) is 3. The molecule has 0 aliphatic carbocycles. The van der Waals surface area contributed by atoms with E-state index in [1.165, 1.54) is 0 Å². The highest BCUT2D eigenvalue weighted by Crippen LogP contribution is 2.11. The second-order valence-corrected chi connectivity index (χ2v) is 4.97. The summed E-state index contributed by atoms with van der Waals surface area (Å²) in [5.74, 6) is 2.01. The SMILES string of the molecule is CC(C)(C)Nc1nncc(NCc2ccco2)n1. The van der Waals surface area contributed by atoms with Gasteiger partial charge in [-0.25, -0.2) is 0 Å². The molecule has 2 rings (SSSR count). The molecule has 0 unspecified atom stereocenters. The van der Waals surface area contributed by atoms with E-state index in [1.54, 1.807) is 12.5 Å². The average molecular weight is 247 g/mol. The number of nitrogens with one attached hydrogen (secondary N) is 2. The molecular weight excluding hydrogens is 230 g/mol. The Morgan fingerprint density at radius 1 is 1.33 bits per heavy atom. The van der Waals surface area contributed by atoms with Crippen LogP contribution in [0.4, 0.5) is 11.8 Å². The quantitative estimate of drug-likeness (QED) is 0.863. The van der Waals surface area contributed by atoms with Crippen molar-refractivity contribution in [2.75, 3.05) is 10.6 Å². The first-order valence-corrected chi connectivity index (χ1v) is 5.77. The second kappa shape index (κ2) is 5.03. The van der Waals surface area contributed by atoms with Gasteiger partial charge in [-0.05, 0) is 32.9 Å². The van der Waals surface area contributed by atoms with E-state index in [0.717, 1.165) is 5.76 Å². The molecule has 2 heterocycles. The maximum absolute atomic E-state index is 5.22. The number of anilines is 2. The fourth-order valence-electron chi connectivity index (χ4n) is 1.37. The Balaban J connectivity index is 1.99. The van der Waals surface area contributed by atoms with E-state index in [2.05, 4.69) is 25.8 Å². The van der Waals surface area contributed by atoms with Crippen LogP contribution in [0.5, 0.6) is 0 Å². The van der Waals surface area contributed by atoms with Crippen LogP contribution in [0, 0.1) is 0 Å². The molecule has 6 heteroatoms. The monoisotopic (exact) mass is 247 g/mol. The van der Waals surface area contributed by atoms with Crippen LogP contribution in [-0.2, 0) is 6.54 Å². The smallest absolute Gasteiger partial charge is 0.245 e. The fourth-order valence-corrected chi connectivity index (χ4v) is 1.37. The molecule has 0 aliphatic rings. The van der Waals surface area contributed by atoms with Crippen LogP contribution in [0.25, 0.3) is 0 Å². The van der Waals surface area contributed by atoms with Crippen molar-refractivity contribution < 1.29 is 4.42 Å². The van der Waals surface area contributed by atoms with Crippen LogP contribution < -0.4 is 10.6 Å². The summed E-state index contributed by atoms with van der Waals surface area (Å²) >= 11 is 0. The molecule has 0 fully saturated rings. The first-order valence-electron chi connectivity index (χ1n) is 5.77. The maximum Gasteiger partial charge on any atom is 0.245 e. The maximum atomic E-state index is 5.22. The Morgan fingerprint density at radius 2 is 2.17 bits per heavy atom.